The Kier molecular flexibility index (Phi) is 3.59. The van der Waals surface area contributed by atoms with Gasteiger partial charge < -0.3 is 21.7 Å². The fourth-order valence-corrected chi connectivity index (χ4v) is 3.33. The third-order valence-corrected chi connectivity index (χ3v) is 4.32. The minimum Gasteiger partial charge on any atom is -0.507 e. The standard InChI is InChI=1S/C15H19N5O3/c16-13-18-14(17)20(15(19-13)6-2-1-3-7-15)9-4-5-10(12(22)23)11(21)8-9/h4-5,8,21H,1-3,6-7H2,(H,22,23)(H4,16,17,18,19). The van der Waals surface area contributed by atoms with Gasteiger partial charge in [0.25, 0.3) is 0 Å². The van der Waals surface area contributed by atoms with Gasteiger partial charge in [-0.15, -0.1) is 0 Å². The summed E-state index contributed by atoms with van der Waals surface area (Å²) in [6.07, 6.45) is 4.63. The van der Waals surface area contributed by atoms with Crippen molar-refractivity contribution >= 4 is 23.6 Å². The average Bonchev–Trinajstić information content (AvgIpc) is 2.46. The Morgan fingerprint density at radius 3 is 2.52 bits per heavy atom. The first-order chi connectivity index (χ1) is 10.9. The number of rotatable bonds is 2. The number of carboxylic acid groups (broad SMARTS) is 1. The number of carboxylic acids is 1. The zero-order chi connectivity index (χ0) is 16.6. The number of benzene rings is 1. The van der Waals surface area contributed by atoms with Gasteiger partial charge in [0, 0.05) is 11.8 Å². The molecule has 0 amide bonds. The van der Waals surface area contributed by atoms with E-state index in [1.807, 2.05) is 0 Å². The van der Waals surface area contributed by atoms with Crippen molar-refractivity contribution in [2.45, 2.75) is 37.8 Å². The molecule has 23 heavy (non-hydrogen) atoms. The van der Waals surface area contributed by atoms with Crippen LogP contribution in [0.3, 0.4) is 0 Å². The number of guanidine groups is 2. The number of carbonyl (C=O) groups is 1. The molecule has 0 unspecified atom stereocenters. The van der Waals surface area contributed by atoms with Crippen LogP contribution in [-0.2, 0) is 0 Å². The fourth-order valence-electron chi connectivity index (χ4n) is 3.33. The minimum absolute atomic E-state index is 0.145. The quantitative estimate of drug-likeness (QED) is 0.646. The Hall–Kier alpha value is -2.77. The topological polar surface area (TPSA) is 138 Å². The van der Waals surface area contributed by atoms with E-state index < -0.39 is 11.6 Å². The summed E-state index contributed by atoms with van der Waals surface area (Å²) < 4.78 is 0. The molecule has 0 radical (unpaired) electrons. The average molecular weight is 317 g/mol. The number of hydrogen-bond acceptors (Lipinski definition) is 7. The summed E-state index contributed by atoms with van der Waals surface area (Å²) in [6.45, 7) is 0. The second kappa shape index (κ2) is 5.45. The molecule has 1 aliphatic heterocycles. The molecule has 8 heteroatoms. The maximum Gasteiger partial charge on any atom is 0.339 e. The van der Waals surface area contributed by atoms with Crippen LogP contribution in [0.5, 0.6) is 5.75 Å². The molecule has 1 aromatic carbocycles. The molecule has 1 heterocycles. The zero-order valence-electron chi connectivity index (χ0n) is 12.6. The highest BCUT2D eigenvalue weighted by Gasteiger charge is 2.42. The monoisotopic (exact) mass is 317 g/mol. The molecule has 2 aliphatic rings. The van der Waals surface area contributed by atoms with Crippen LogP contribution in [0.15, 0.2) is 28.2 Å². The lowest BCUT2D eigenvalue weighted by atomic mass is 9.87. The first-order valence-corrected chi connectivity index (χ1v) is 7.49. The lowest BCUT2D eigenvalue weighted by Crippen LogP contribution is -2.58. The number of aromatic carboxylic acids is 1. The summed E-state index contributed by atoms with van der Waals surface area (Å²) in [5.74, 6) is -1.17. The van der Waals surface area contributed by atoms with Crippen LogP contribution in [0, 0.1) is 0 Å². The normalized spacial score (nSPS) is 20.1. The van der Waals surface area contributed by atoms with Gasteiger partial charge >= 0.3 is 5.97 Å². The van der Waals surface area contributed by atoms with Gasteiger partial charge in [-0.25, -0.2) is 9.79 Å². The zero-order valence-corrected chi connectivity index (χ0v) is 12.6. The highest BCUT2D eigenvalue weighted by Crippen LogP contribution is 2.40. The van der Waals surface area contributed by atoms with Gasteiger partial charge in [-0.05, 0) is 37.8 Å². The van der Waals surface area contributed by atoms with Gasteiger partial charge in [0.15, 0.2) is 0 Å². The predicted octanol–water partition coefficient (Wildman–Crippen LogP) is 1.20. The van der Waals surface area contributed by atoms with Gasteiger partial charge in [0.2, 0.25) is 11.9 Å². The van der Waals surface area contributed by atoms with Crippen molar-refractivity contribution in [2.24, 2.45) is 21.5 Å². The van der Waals surface area contributed by atoms with Crippen molar-refractivity contribution < 1.29 is 15.0 Å². The molecular formula is C15H19N5O3. The molecule has 1 saturated carbocycles. The second-order valence-corrected chi connectivity index (χ2v) is 5.83. The molecular weight excluding hydrogens is 298 g/mol. The lowest BCUT2D eigenvalue weighted by molar-refractivity contribution is 0.0694. The van der Waals surface area contributed by atoms with Gasteiger partial charge in [-0.2, -0.15) is 4.99 Å². The van der Waals surface area contributed by atoms with E-state index in [1.165, 1.54) is 12.1 Å². The van der Waals surface area contributed by atoms with Crippen LogP contribution in [0.2, 0.25) is 0 Å². The number of nitrogens with two attached hydrogens (primary N) is 2. The Morgan fingerprint density at radius 1 is 1.22 bits per heavy atom. The third-order valence-electron chi connectivity index (χ3n) is 4.32. The number of aliphatic imine (C=N–C) groups is 2. The predicted molar refractivity (Wildman–Crippen MR) is 86.6 cm³/mol. The van der Waals surface area contributed by atoms with E-state index >= 15 is 0 Å². The molecule has 122 valence electrons. The number of aromatic hydroxyl groups is 1. The van der Waals surface area contributed by atoms with Gasteiger partial charge in [0.05, 0.1) is 0 Å². The van der Waals surface area contributed by atoms with E-state index in [-0.39, 0.29) is 23.2 Å². The Balaban J connectivity index is 2.07. The van der Waals surface area contributed by atoms with Crippen molar-refractivity contribution in [3.05, 3.63) is 23.8 Å². The first kappa shape index (κ1) is 15.1. The summed E-state index contributed by atoms with van der Waals surface area (Å²) >= 11 is 0. The smallest absolute Gasteiger partial charge is 0.339 e. The number of hydrogen-bond donors (Lipinski definition) is 4. The molecule has 1 fully saturated rings. The number of nitrogens with zero attached hydrogens (tertiary/aromatic N) is 3. The third kappa shape index (κ3) is 2.56. The van der Waals surface area contributed by atoms with Crippen LogP contribution >= 0.6 is 0 Å². The van der Waals surface area contributed by atoms with Crippen molar-refractivity contribution in [1.82, 2.24) is 0 Å². The second-order valence-electron chi connectivity index (χ2n) is 5.83. The maximum absolute atomic E-state index is 11.1. The van der Waals surface area contributed by atoms with Crippen molar-refractivity contribution in [2.75, 3.05) is 4.90 Å². The van der Waals surface area contributed by atoms with Crippen LogP contribution in [0.4, 0.5) is 5.69 Å². The van der Waals surface area contributed by atoms with E-state index in [0.717, 1.165) is 32.1 Å². The summed E-state index contributed by atoms with van der Waals surface area (Å²) in [7, 11) is 0. The highest BCUT2D eigenvalue weighted by molar-refractivity contribution is 6.06. The van der Waals surface area contributed by atoms with E-state index in [9.17, 15) is 9.90 Å². The fraction of sp³-hybridized carbons (Fsp3) is 0.400. The van der Waals surface area contributed by atoms with Gasteiger partial charge in [-0.1, -0.05) is 6.42 Å². The molecule has 0 bridgehead atoms. The number of phenols is 1. The molecule has 6 N–H and O–H groups in total. The molecule has 0 atom stereocenters. The Labute approximate surface area is 133 Å². The van der Waals surface area contributed by atoms with Crippen LogP contribution in [-0.4, -0.2) is 33.8 Å². The Morgan fingerprint density at radius 2 is 1.91 bits per heavy atom. The Bertz CT molecular complexity index is 707. The minimum atomic E-state index is -1.19. The lowest BCUT2D eigenvalue weighted by Gasteiger charge is -2.45. The number of anilines is 1. The summed E-state index contributed by atoms with van der Waals surface area (Å²) in [5.41, 5.74) is 11.6. The molecule has 1 aromatic rings. The van der Waals surface area contributed by atoms with E-state index in [1.54, 1.807) is 11.0 Å². The van der Waals surface area contributed by atoms with E-state index in [0.29, 0.717) is 5.69 Å². The molecule has 1 spiro atoms. The molecule has 0 saturated heterocycles. The molecule has 1 aliphatic carbocycles. The van der Waals surface area contributed by atoms with Gasteiger partial charge in [0.1, 0.15) is 17.0 Å². The van der Waals surface area contributed by atoms with Crippen molar-refractivity contribution in [1.29, 1.82) is 0 Å². The highest BCUT2D eigenvalue weighted by atomic mass is 16.4. The molecule has 8 nitrogen and oxygen atoms in total. The van der Waals surface area contributed by atoms with Crippen LogP contribution in [0.25, 0.3) is 0 Å². The van der Waals surface area contributed by atoms with Crippen LogP contribution < -0.4 is 16.4 Å². The first-order valence-electron chi connectivity index (χ1n) is 7.49. The maximum atomic E-state index is 11.1. The van der Waals surface area contributed by atoms with Crippen molar-refractivity contribution in [3.63, 3.8) is 0 Å². The van der Waals surface area contributed by atoms with E-state index in [2.05, 4.69) is 9.98 Å². The molecule has 3 rings (SSSR count). The van der Waals surface area contributed by atoms with E-state index in [4.69, 9.17) is 16.6 Å². The summed E-state index contributed by atoms with van der Waals surface area (Å²) in [5, 5.41) is 19.0. The SMILES string of the molecule is NC1=NC2(CCCCC2)N(c2ccc(C(=O)O)c(O)c2)C(N)=N1. The van der Waals surface area contributed by atoms with Crippen molar-refractivity contribution in [3.8, 4) is 5.75 Å². The van der Waals surface area contributed by atoms with Gasteiger partial charge in [-0.3, -0.25) is 4.90 Å². The largest absolute Gasteiger partial charge is 0.507 e. The summed E-state index contributed by atoms with van der Waals surface area (Å²) in [6, 6.07) is 4.32. The molecule has 0 aromatic heterocycles. The van der Waals surface area contributed by atoms with Crippen LogP contribution in [0.1, 0.15) is 42.5 Å². The summed E-state index contributed by atoms with van der Waals surface area (Å²) in [4.78, 5) is 21.3.